The van der Waals surface area contributed by atoms with E-state index in [9.17, 15) is 12.8 Å². The smallest absolute Gasteiger partial charge is 0.231 e. The van der Waals surface area contributed by atoms with Gasteiger partial charge < -0.3 is 5.32 Å². The highest BCUT2D eigenvalue weighted by Crippen LogP contribution is 2.26. The molecule has 0 saturated carbocycles. The van der Waals surface area contributed by atoms with Crippen LogP contribution in [0.2, 0.25) is 0 Å². The van der Waals surface area contributed by atoms with Gasteiger partial charge in [0.15, 0.2) is 0 Å². The van der Waals surface area contributed by atoms with Gasteiger partial charge in [0.2, 0.25) is 10.0 Å². The first kappa shape index (κ1) is 18.1. The lowest BCUT2D eigenvalue weighted by Crippen LogP contribution is -2.24. The first-order valence-electron chi connectivity index (χ1n) is 8.08. The van der Waals surface area contributed by atoms with Crippen LogP contribution in [0, 0.1) is 12.7 Å². The average Bonchev–Trinajstić information content (AvgIpc) is 2.59. The van der Waals surface area contributed by atoms with Crippen LogP contribution in [0.25, 0.3) is 10.9 Å². The van der Waals surface area contributed by atoms with Crippen molar-refractivity contribution in [3.63, 3.8) is 0 Å². The second kappa shape index (κ2) is 6.92. The molecule has 0 spiro atoms. The Balaban J connectivity index is 1.82. The molecule has 0 unspecified atom stereocenters. The van der Waals surface area contributed by atoms with Gasteiger partial charge in [0.25, 0.3) is 0 Å². The van der Waals surface area contributed by atoms with E-state index in [1.54, 1.807) is 18.2 Å². The standard InChI is InChI=1S/C19H20FN3O2S/c1-13-11-18(16-5-4-6-17(20)19(16)22-13)21-12-14-7-9-15(10-8-14)23(2)26(3,24)25/h4-11H,12H2,1-3H3,(H,21,22). The molecule has 1 aromatic heterocycles. The number of fused-ring (bicyclic) bond motifs is 1. The molecule has 26 heavy (non-hydrogen) atoms. The molecule has 3 rings (SSSR count). The maximum atomic E-state index is 14.0. The Hall–Kier alpha value is -2.67. The first-order valence-corrected chi connectivity index (χ1v) is 9.93. The SMILES string of the molecule is Cc1cc(NCc2ccc(N(C)S(C)(=O)=O)cc2)c2cccc(F)c2n1. The highest BCUT2D eigenvalue weighted by atomic mass is 32.2. The minimum absolute atomic E-state index is 0.345. The van der Waals surface area contributed by atoms with Crippen molar-refractivity contribution < 1.29 is 12.8 Å². The zero-order chi connectivity index (χ0) is 18.9. The summed E-state index contributed by atoms with van der Waals surface area (Å²) in [4.78, 5) is 4.27. The van der Waals surface area contributed by atoms with E-state index in [4.69, 9.17) is 0 Å². The van der Waals surface area contributed by atoms with Crippen LogP contribution in [-0.2, 0) is 16.6 Å². The number of para-hydroxylation sites is 1. The fourth-order valence-electron chi connectivity index (χ4n) is 2.70. The van der Waals surface area contributed by atoms with Crippen LogP contribution in [0.5, 0.6) is 0 Å². The number of nitrogens with one attached hydrogen (secondary N) is 1. The van der Waals surface area contributed by atoms with Crippen LogP contribution in [0.15, 0.2) is 48.5 Å². The van der Waals surface area contributed by atoms with Crippen molar-refractivity contribution in [1.82, 2.24) is 4.98 Å². The molecule has 0 atom stereocenters. The highest BCUT2D eigenvalue weighted by Gasteiger charge is 2.12. The quantitative estimate of drug-likeness (QED) is 0.741. The summed E-state index contributed by atoms with van der Waals surface area (Å²) < 4.78 is 38.4. The normalized spacial score (nSPS) is 11.5. The van der Waals surface area contributed by atoms with Crippen molar-refractivity contribution in [3.8, 4) is 0 Å². The first-order chi connectivity index (χ1) is 12.3. The minimum atomic E-state index is -3.28. The Morgan fingerprint density at radius 2 is 1.85 bits per heavy atom. The number of rotatable bonds is 5. The number of aryl methyl sites for hydroxylation is 1. The molecule has 0 bridgehead atoms. The Kier molecular flexibility index (Phi) is 4.82. The molecular formula is C19H20FN3O2S. The number of anilines is 2. The molecule has 136 valence electrons. The van der Waals surface area contributed by atoms with Crippen LogP contribution < -0.4 is 9.62 Å². The predicted molar refractivity (Wildman–Crippen MR) is 103 cm³/mol. The van der Waals surface area contributed by atoms with Crippen LogP contribution in [0.3, 0.4) is 0 Å². The van der Waals surface area contributed by atoms with E-state index >= 15 is 0 Å². The number of hydrogen-bond acceptors (Lipinski definition) is 4. The lowest BCUT2D eigenvalue weighted by molar-refractivity contribution is 0.600. The maximum absolute atomic E-state index is 14.0. The van der Waals surface area contributed by atoms with Gasteiger partial charge in [-0.25, -0.2) is 17.8 Å². The van der Waals surface area contributed by atoms with Gasteiger partial charge in [-0.3, -0.25) is 4.31 Å². The number of pyridine rings is 1. The van der Waals surface area contributed by atoms with Gasteiger partial charge in [0.1, 0.15) is 11.3 Å². The molecule has 0 saturated heterocycles. The molecule has 0 amide bonds. The topological polar surface area (TPSA) is 62.3 Å². The molecule has 0 fully saturated rings. The van der Waals surface area contributed by atoms with E-state index in [2.05, 4.69) is 10.3 Å². The van der Waals surface area contributed by atoms with Gasteiger partial charge in [-0.1, -0.05) is 24.3 Å². The third kappa shape index (κ3) is 3.77. The number of nitrogens with zero attached hydrogens (tertiary/aromatic N) is 2. The Morgan fingerprint density at radius 3 is 2.50 bits per heavy atom. The Morgan fingerprint density at radius 1 is 1.15 bits per heavy atom. The van der Waals surface area contributed by atoms with Crippen LogP contribution in [-0.4, -0.2) is 26.7 Å². The van der Waals surface area contributed by atoms with Gasteiger partial charge in [0.05, 0.1) is 11.9 Å². The summed E-state index contributed by atoms with van der Waals surface area (Å²) in [5.41, 5.74) is 3.47. The summed E-state index contributed by atoms with van der Waals surface area (Å²) in [6, 6.07) is 14.0. The highest BCUT2D eigenvalue weighted by molar-refractivity contribution is 7.92. The van der Waals surface area contributed by atoms with Crippen molar-refractivity contribution in [2.45, 2.75) is 13.5 Å². The van der Waals surface area contributed by atoms with Crippen molar-refractivity contribution in [3.05, 3.63) is 65.6 Å². The fourth-order valence-corrected chi connectivity index (χ4v) is 3.20. The predicted octanol–water partition coefficient (Wildman–Crippen LogP) is 3.69. The van der Waals surface area contributed by atoms with E-state index in [1.807, 2.05) is 31.2 Å². The summed E-state index contributed by atoms with van der Waals surface area (Å²) in [6.45, 7) is 2.35. The number of sulfonamides is 1. The molecule has 2 aromatic carbocycles. The third-order valence-electron chi connectivity index (χ3n) is 4.20. The van der Waals surface area contributed by atoms with E-state index in [0.29, 0.717) is 17.7 Å². The maximum Gasteiger partial charge on any atom is 0.231 e. The molecule has 0 aliphatic rings. The Bertz CT molecular complexity index is 1050. The zero-order valence-electron chi connectivity index (χ0n) is 14.8. The molecule has 5 nitrogen and oxygen atoms in total. The molecule has 1 N–H and O–H groups in total. The molecular weight excluding hydrogens is 353 g/mol. The average molecular weight is 373 g/mol. The second-order valence-corrected chi connectivity index (χ2v) is 8.21. The summed E-state index contributed by atoms with van der Waals surface area (Å²) in [5.74, 6) is -0.345. The third-order valence-corrected chi connectivity index (χ3v) is 5.40. The molecule has 3 aromatic rings. The Labute approximate surface area is 152 Å². The van der Waals surface area contributed by atoms with Gasteiger partial charge in [0, 0.05) is 30.4 Å². The van der Waals surface area contributed by atoms with Crippen LogP contribution in [0.1, 0.15) is 11.3 Å². The van der Waals surface area contributed by atoms with Crippen molar-refractivity contribution in [1.29, 1.82) is 0 Å². The number of aromatic nitrogens is 1. The molecule has 7 heteroatoms. The van der Waals surface area contributed by atoms with Crippen molar-refractivity contribution >= 4 is 32.3 Å². The minimum Gasteiger partial charge on any atom is -0.380 e. The molecule has 0 radical (unpaired) electrons. The second-order valence-electron chi connectivity index (χ2n) is 6.20. The monoisotopic (exact) mass is 373 g/mol. The number of hydrogen-bond donors (Lipinski definition) is 1. The van der Waals surface area contributed by atoms with E-state index < -0.39 is 10.0 Å². The lowest BCUT2D eigenvalue weighted by Gasteiger charge is -2.17. The van der Waals surface area contributed by atoms with E-state index in [1.165, 1.54) is 23.7 Å². The van der Waals surface area contributed by atoms with Gasteiger partial charge in [-0.2, -0.15) is 0 Å². The lowest BCUT2D eigenvalue weighted by atomic mass is 10.1. The van der Waals surface area contributed by atoms with Gasteiger partial charge in [-0.05, 0) is 36.8 Å². The molecule has 1 heterocycles. The fraction of sp³-hybridized carbons (Fsp3) is 0.211. The number of halogens is 1. The van der Waals surface area contributed by atoms with E-state index in [0.717, 1.165) is 22.3 Å². The number of benzene rings is 2. The summed E-state index contributed by atoms with van der Waals surface area (Å²) >= 11 is 0. The van der Waals surface area contributed by atoms with Crippen molar-refractivity contribution in [2.24, 2.45) is 0 Å². The summed E-state index contributed by atoms with van der Waals surface area (Å²) in [7, 11) is -1.77. The molecule has 0 aliphatic heterocycles. The summed E-state index contributed by atoms with van der Waals surface area (Å²) in [6.07, 6.45) is 1.17. The van der Waals surface area contributed by atoms with E-state index in [-0.39, 0.29) is 5.82 Å². The largest absolute Gasteiger partial charge is 0.380 e. The van der Waals surface area contributed by atoms with Crippen LogP contribution >= 0.6 is 0 Å². The van der Waals surface area contributed by atoms with Gasteiger partial charge >= 0.3 is 0 Å². The summed E-state index contributed by atoms with van der Waals surface area (Å²) in [5, 5.41) is 4.04. The molecule has 0 aliphatic carbocycles. The van der Waals surface area contributed by atoms with Gasteiger partial charge in [-0.15, -0.1) is 0 Å². The van der Waals surface area contributed by atoms with Crippen molar-refractivity contribution in [2.75, 3.05) is 22.9 Å². The zero-order valence-corrected chi connectivity index (χ0v) is 15.6. The van der Waals surface area contributed by atoms with Crippen LogP contribution in [0.4, 0.5) is 15.8 Å².